The second kappa shape index (κ2) is 5.20. The highest BCUT2D eigenvalue weighted by atomic mass is 28.4. The molecule has 1 heterocycles. The van der Waals surface area contributed by atoms with E-state index in [9.17, 15) is 0 Å². The summed E-state index contributed by atoms with van der Waals surface area (Å²) in [6, 6.07) is 6.55. The highest BCUT2D eigenvalue weighted by molar-refractivity contribution is 6.74. The summed E-state index contributed by atoms with van der Waals surface area (Å²) in [7, 11) is -1.72. The number of fused-ring (bicyclic) bond motifs is 1. The summed E-state index contributed by atoms with van der Waals surface area (Å²) in [5.41, 5.74) is 2.70. The molecular formula is C16H27NOSi. The monoisotopic (exact) mass is 277 g/mol. The van der Waals surface area contributed by atoms with Crippen LogP contribution in [-0.4, -0.2) is 14.9 Å². The molecule has 2 rings (SSSR count). The van der Waals surface area contributed by atoms with Crippen molar-refractivity contribution in [2.24, 2.45) is 0 Å². The Morgan fingerprint density at radius 2 is 1.89 bits per heavy atom. The van der Waals surface area contributed by atoms with Gasteiger partial charge in [-0.25, -0.2) is 0 Å². The van der Waals surface area contributed by atoms with Gasteiger partial charge in [-0.1, -0.05) is 20.8 Å². The van der Waals surface area contributed by atoms with E-state index in [1.807, 2.05) is 0 Å². The number of hydrogen-bond donors (Lipinski definition) is 1. The van der Waals surface area contributed by atoms with Gasteiger partial charge in [-0.3, -0.25) is 0 Å². The van der Waals surface area contributed by atoms with Gasteiger partial charge in [0.15, 0.2) is 0 Å². The molecule has 0 radical (unpaired) electrons. The molecule has 0 aliphatic carbocycles. The molecular weight excluding hydrogens is 250 g/mol. The topological polar surface area (TPSA) is 21.3 Å². The van der Waals surface area contributed by atoms with Crippen molar-refractivity contribution in [2.45, 2.75) is 58.2 Å². The van der Waals surface area contributed by atoms with Crippen LogP contribution in [0.1, 0.15) is 39.2 Å². The summed E-state index contributed by atoms with van der Waals surface area (Å²) in [5.74, 6) is 1.05. The van der Waals surface area contributed by atoms with Gasteiger partial charge in [0, 0.05) is 12.2 Å². The second-order valence-electron chi connectivity index (χ2n) is 7.07. The van der Waals surface area contributed by atoms with Crippen molar-refractivity contribution in [1.29, 1.82) is 0 Å². The molecule has 0 saturated heterocycles. The molecule has 0 saturated carbocycles. The fourth-order valence-corrected chi connectivity index (χ4v) is 3.15. The standard InChI is InChI=1S/C16H27NOSi/c1-16(2,3)19(4,5)18-14-9-10-15-13(12-14)8-6-7-11-17-15/h9-10,12,17H,6-8,11H2,1-5H3. The van der Waals surface area contributed by atoms with E-state index in [0.29, 0.717) is 0 Å². The third kappa shape index (κ3) is 3.33. The molecule has 0 aromatic heterocycles. The van der Waals surface area contributed by atoms with Crippen LogP contribution in [0.15, 0.2) is 18.2 Å². The van der Waals surface area contributed by atoms with Crippen LogP contribution >= 0.6 is 0 Å². The van der Waals surface area contributed by atoms with Gasteiger partial charge in [0.05, 0.1) is 0 Å². The van der Waals surface area contributed by atoms with E-state index >= 15 is 0 Å². The maximum absolute atomic E-state index is 6.38. The van der Waals surface area contributed by atoms with Crippen molar-refractivity contribution < 1.29 is 4.43 Å². The number of rotatable bonds is 2. The molecule has 2 nitrogen and oxygen atoms in total. The molecule has 0 atom stereocenters. The van der Waals surface area contributed by atoms with Crippen LogP contribution in [-0.2, 0) is 6.42 Å². The van der Waals surface area contributed by atoms with Crippen molar-refractivity contribution in [3.05, 3.63) is 23.8 Å². The van der Waals surface area contributed by atoms with Crippen LogP contribution in [0.25, 0.3) is 0 Å². The minimum Gasteiger partial charge on any atom is -0.543 e. The number of nitrogens with one attached hydrogen (secondary N) is 1. The number of aryl methyl sites for hydroxylation is 1. The van der Waals surface area contributed by atoms with Crippen LogP contribution in [0.2, 0.25) is 18.1 Å². The highest BCUT2D eigenvalue weighted by Crippen LogP contribution is 2.38. The molecule has 3 heteroatoms. The average molecular weight is 277 g/mol. The summed E-state index contributed by atoms with van der Waals surface area (Å²) < 4.78 is 6.38. The lowest BCUT2D eigenvalue weighted by molar-refractivity contribution is 0.491. The molecule has 0 amide bonds. The average Bonchev–Trinajstić information content (AvgIpc) is 2.51. The summed E-state index contributed by atoms with van der Waals surface area (Å²) in [6.45, 7) is 12.5. The van der Waals surface area contributed by atoms with Crippen LogP contribution in [0.5, 0.6) is 5.75 Å². The Kier molecular flexibility index (Phi) is 3.95. The Labute approximate surface area is 118 Å². The third-order valence-electron chi connectivity index (χ3n) is 4.44. The Bertz CT molecular complexity index is 449. The van der Waals surface area contributed by atoms with E-state index < -0.39 is 8.32 Å². The normalized spacial score (nSPS) is 16.3. The number of anilines is 1. The molecule has 1 aliphatic rings. The Morgan fingerprint density at radius 3 is 2.58 bits per heavy atom. The van der Waals surface area contributed by atoms with Crippen LogP contribution in [0, 0.1) is 0 Å². The smallest absolute Gasteiger partial charge is 0.250 e. The van der Waals surface area contributed by atoms with E-state index in [1.165, 1.54) is 24.1 Å². The first-order valence-corrected chi connectivity index (χ1v) is 10.3. The molecule has 1 aliphatic heterocycles. The van der Waals surface area contributed by atoms with E-state index in [0.717, 1.165) is 18.7 Å². The van der Waals surface area contributed by atoms with Gasteiger partial charge in [-0.15, -0.1) is 0 Å². The maximum Gasteiger partial charge on any atom is 0.250 e. The fraction of sp³-hybridized carbons (Fsp3) is 0.625. The van der Waals surface area contributed by atoms with Crippen LogP contribution in [0.4, 0.5) is 5.69 Å². The maximum atomic E-state index is 6.38. The minimum atomic E-state index is -1.72. The van der Waals surface area contributed by atoms with Gasteiger partial charge < -0.3 is 9.74 Å². The predicted octanol–water partition coefficient (Wildman–Crippen LogP) is 4.82. The molecule has 0 unspecified atom stereocenters. The van der Waals surface area contributed by atoms with Gasteiger partial charge in [-0.2, -0.15) is 0 Å². The lowest BCUT2D eigenvalue weighted by Crippen LogP contribution is -2.43. The first-order valence-electron chi connectivity index (χ1n) is 7.35. The van der Waals surface area contributed by atoms with Gasteiger partial charge in [0.1, 0.15) is 5.75 Å². The first-order chi connectivity index (χ1) is 8.79. The van der Waals surface area contributed by atoms with Crippen molar-refractivity contribution in [3.63, 3.8) is 0 Å². The fourth-order valence-electron chi connectivity index (χ4n) is 2.12. The minimum absolute atomic E-state index is 0.248. The van der Waals surface area contributed by atoms with Gasteiger partial charge in [-0.05, 0) is 61.2 Å². The van der Waals surface area contributed by atoms with E-state index in [-0.39, 0.29) is 5.04 Å². The van der Waals surface area contributed by atoms with E-state index in [2.05, 4.69) is 57.4 Å². The summed E-state index contributed by atoms with van der Waals surface area (Å²) in [4.78, 5) is 0. The zero-order valence-corrected chi connectivity index (χ0v) is 14.0. The molecule has 0 fully saturated rings. The summed E-state index contributed by atoms with van der Waals surface area (Å²) in [5, 5.41) is 3.75. The van der Waals surface area contributed by atoms with Gasteiger partial charge in [0.25, 0.3) is 0 Å². The predicted molar refractivity (Wildman–Crippen MR) is 85.7 cm³/mol. The Morgan fingerprint density at radius 1 is 1.16 bits per heavy atom. The largest absolute Gasteiger partial charge is 0.543 e. The molecule has 0 bridgehead atoms. The number of hydrogen-bond acceptors (Lipinski definition) is 2. The van der Waals surface area contributed by atoms with Crippen molar-refractivity contribution >= 4 is 14.0 Å². The lowest BCUT2D eigenvalue weighted by atomic mass is 10.1. The van der Waals surface area contributed by atoms with Crippen LogP contribution < -0.4 is 9.74 Å². The lowest BCUT2D eigenvalue weighted by Gasteiger charge is -2.36. The van der Waals surface area contributed by atoms with E-state index in [4.69, 9.17) is 4.43 Å². The summed E-state index contributed by atoms with van der Waals surface area (Å²) in [6.07, 6.45) is 3.69. The third-order valence-corrected chi connectivity index (χ3v) is 8.80. The molecule has 1 N–H and O–H groups in total. The van der Waals surface area contributed by atoms with Crippen molar-refractivity contribution in [1.82, 2.24) is 0 Å². The van der Waals surface area contributed by atoms with Crippen molar-refractivity contribution in [3.8, 4) is 5.75 Å². The first kappa shape index (κ1) is 14.4. The number of benzene rings is 1. The molecule has 1 aromatic carbocycles. The van der Waals surface area contributed by atoms with E-state index in [1.54, 1.807) is 0 Å². The summed E-state index contributed by atoms with van der Waals surface area (Å²) >= 11 is 0. The highest BCUT2D eigenvalue weighted by Gasteiger charge is 2.39. The zero-order valence-electron chi connectivity index (χ0n) is 13.0. The zero-order chi connectivity index (χ0) is 14.1. The quantitative estimate of drug-likeness (QED) is 0.783. The molecule has 0 spiro atoms. The van der Waals surface area contributed by atoms with Gasteiger partial charge >= 0.3 is 0 Å². The molecule has 106 valence electrons. The Hall–Kier alpha value is -0.963. The van der Waals surface area contributed by atoms with Crippen molar-refractivity contribution in [2.75, 3.05) is 11.9 Å². The molecule has 19 heavy (non-hydrogen) atoms. The molecule has 1 aromatic rings. The van der Waals surface area contributed by atoms with Gasteiger partial charge in [0.2, 0.25) is 8.32 Å². The van der Waals surface area contributed by atoms with Crippen LogP contribution in [0.3, 0.4) is 0 Å². The second-order valence-corrected chi connectivity index (χ2v) is 11.8. The SMILES string of the molecule is CC(C)(C)[Si](C)(C)Oc1ccc2c(c1)CCCCN2. The Balaban J connectivity index is 2.21.